The fourth-order valence-corrected chi connectivity index (χ4v) is 3.27. The van der Waals surface area contributed by atoms with Crippen LogP contribution in [0.2, 0.25) is 0 Å². The van der Waals surface area contributed by atoms with Crippen LogP contribution in [0.25, 0.3) is 0 Å². The molecule has 0 saturated heterocycles. The van der Waals surface area contributed by atoms with E-state index < -0.39 is 0 Å². The maximum atomic E-state index is 12.5. The van der Waals surface area contributed by atoms with Gasteiger partial charge in [0.05, 0.1) is 5.69 Å². The number of amides is 1. The first-order valence-electron chi connectivity index (χ1n) is 6.70. The summed E-state index contributed by atoms with van der Waals surface area (Å²) in [6.07, 6.45) is 1.96. The van der Waals surface area contributed by atoms with Crippen LogP contribution >= 0.6 is 11.8 Å². The van der Waals surface area contributed by atoms with E-state index in [1.54, 1.807) is 0 Å². The van der Waals surface area contributed by atoms with E-state index in [0.29, 0.717) is 5.25 Å². The Hall–Kier alpha value is -0.960. The third-order valence-corrected chi connectivity index (χ3v) is 4.78. The number of rotatable bonds is 2. The van der Waals surface area contributed by atoms with E-state index in [1.807, 2.05) is 29.7 Å². The first kappa shape index (κ1) is 13.5. The number of benzene rings is 1. The summed E-state index contributed by atoms with van der Waals surface area (Å²) in [6, 6.07) is 8.27. The molecule has 0 radical (unpaired) electrons. The predicted octanol–water partition coefficient (Wildman–Crippen LogP) is 3.95. The lowest BCUT2D eigenvalue weighted by Gasteiger charge is -2.25. The van der Waals surface area contributed by atoms with E-state index in [0.717, 1.165) is 25.1 Å². The molecule has 1 aromatic rings. The molecule has 1 heterocycles. The summed E-state index contributed by atoms with van der Waals surface area (Å²) in [5, 5.41) is 0.570. The molecule has 2 nitrogen and oxygen atoms in total. The highest BCUT2D eigenvalue weighted by Crippen LogP contribution is 2.37. The van der Waals surface area contributed by atoms with Crippen molar-refractivity contribution in [1.29, 1.82) is 0 Å². The number of carbonyl (C=O) groups is 1. The highest BCUT2D eigenvalue weighted by atomic mass is 32.2. The van der Waals surface area contributed by atoms with E-state index in [4.69, 9.17) is 0 Å². The van der Waals surface area contributed by atoms with Gasteiger partial charge in [-0.15, -0.1) is 11.8 Å². The normalized spacial score (nSPS) is 21.1. The lowest BCUT2D eigenvalue weighted by molar-refractivity contribution is -0.122. The molecule has 1 aliphatic heterocycles. The lowest BCUT2D eigenvalue weighted by atomic mass is 10.1. The van der Waals surface area contributed by atoms with Gasteiger partial charge >= 0.3 is 0 Å². The van der Waals surface area contributed by atoms with Crippen molar-refractivity contribution in [3.05, 3.63) is 24.3 Å². The van der Waals surface area contributed by atoms with Crippen LogP contribution in [0.4, 0.5) is 5.69 Å². The zero-order chi connectivity index (χ0) is 13.1. The smallest absolute Gasteiger partial charge is 0.229 e. The maximum absolute atomic E-state index is 12.5. The van der Waals surface area contributed by atoms with Crippen molar-refractivity contribution in [2.24, 2.45) is 5.92 Å². The van der Waals surface area contributed by atoms with Crippen LogP contribution in [-0.2, 0) is 4.79 Å². The molecule has 0 fully saturated rings. The van der Waals surface area contributed by atoms with Gasteiger partial charge in [0, 0.05) is 22.6 Å². The predicted molar refractivity (Wildman–Crippen MR) is 78.2 cm³/mol. The molecule has 98 valence electrons. The van der Waals surface area contributed by atoms with Gasteiger partial charge in [0.15, 0.2) is 0 Å². The highest BCUT2D eigenvalue weighted by molar-refractivity contribution is 8.00. The maximum Gasteiger partial charge on any atom is 0.229 e. The van der Waals surface area contributed by atoms with Crippen molar-refractivity contribution in [2.75, 3.05) is 11.4 Å². The molecule has 2 atom stereocenters. The Labute approximate surface area is 114 Å². The number of thioether (sulfide) groups is 1. The van der Waals surface area contributed by atoms with Gasteiger partial charge in [-0.2, -0.15) is 0 Å². The molecule has 18 heavy (non-hydrogen) atoms. The summed E-state index contributed by atoms with van der Waals surface area (Å²) in [7, 11) is 0. The molecule has 0 N–H and O–H groups in total. The van der Waals surface area contributed by atoms with Crippen molar-refractivity contribution >= 4 is 23.4 Å². The Morgan fingerprint density at radius 3 is 2.94 bits per heavy atom. The number of hydrogen-bond acceptors (Lipinski definition) is 2. The number of hydrogen-bond donors (Lipinski definition) is 0. The lowest BCUT2D eigenvalue weighted by Crippen LogP contribution is -2.36. The van der Waals surface area contributed by atoms with Crippen molar-refractivity contribution in [3.63, 3.8) is 0 Å². The average Bonchev–Trinajstić information content (AvgIpc) is 2.55. The van der Waals surface area contributed by atoms with Gasteiger partial charge in [-0.3, -0.25) is 4.79 Å². The first-order chi connectivity index (χ1) is 8.63. The Bertz CT molecular complexity index is 432. The van der Waals surface area contributed by atoms with Crippen LogP contribution in [0.1, 0.15) is 33.6 Å². The van der Waals surface area contributed by atoms with E-state index in [1.165, 1.54) is 4.90 Å². The molecule has 1 aromatic carbocycles. The first-order valence-corrected chi connectivity index (χ1v) is 7.58. The van der Waals surface area contributed by atoms with Crippen LogP contribution in [0, 0.1) is 5.92 Å². The topological polar surface area (TPSA) is 20.3 Å². The second-order valence-corrected chi connectivity index (χ2v) is 6.46. The molecule has 0 spiro atoms. The van der Waals surface area contributed by atoms with Gasteiger partial charge in [-0.1, -0.05) is 32.9 Å². The number of anilines is 1. The van der Waals surface area contributed by atoms with Crippen LogP contribution in [-0.4, -0.2) is 17.7 Å². The Kier molecular flexibility index (Phi) is 4.33. The van der Waals surface area contributed by atoms with Gasteiger partial charge in [0.1, 0.15) is 0 Å². The summed E-state index contributed by atoms with van der Waals surface area (Å²) >= 11 is 1.88. The van der Waals surface area contributed by atoms with Gasteiger partial charge in [-0.25, -0.2) is 0 Å². The molecule has 3 heteroatoms. The number of para-hydroxylation sites is 1. The summed E-state index contributed by atoms with van der Waals surface area (Å²) in [4.78, 5) is 15.7. The highest BCUT2D eigenvalue weighted by Gasteiger charge is 2.26. The molecule has 0 saturated carbocycles. The fourth-order valence-electron chi connectivity index (χ4n) is 2.16. The molecule has 0 unspecified atom stereocenters. The van der Waals surface area contributed by atoms with Crippen LogP contribution in [0.5, 0.6) is 0 Å². The number of fused-ring (bicyclic) bond motifs is 1. The van der Waals surface area contributed by atoms with E-state index in [2.05, 4.69) is 32.0 Å². The van der Waals surface area contributed by atoms with Crippen LogP contribution in [0.15, 0.2) is 29.2 Å². The quantitative estimate of drug-likeness (QED) is 0.805. The van der Waals surface area contributed by atoms with E-state index >= 15 is 0 Å². The molecule has 2 rings (SSSR count). The standard InChI is InChI=1S/C15H21NOS/c1-4-11(2)15(17)16-10-9-12(3)18-14-8-6-5-7-13(14)16/h5-8,11-12H,4,9-10H2,1-3H3/t11-,12-/m0/s1. The van der Waals surface area contributed by atoms with Gasteiger partial charge in [0.25, 0.3) is 0 Å². The average molecular weight is 263 g/mol. The third-order valence-electron chi connectivity index (χ3n) is 3.54. The molecule has 0 bridgehead atoms. The molecule has 1 aliphatic rings. The van der Waals surface area contributed by atoms with Gasteiger partial charge < -0.3 is 4.90 Å². The van der Waals surface area contributed by atoms with Crippen molar-refractivity contribution in [2.45, 2.75) is 43.8 Å². The second-order valence-electron chi connectivity index (χ2n) is 4.98. The number of carbonyl (C=O) groups excluding carboxylic acids is 1. The summed E-state index contributed by atoms with van der Waals surface area (Å²) in [6.45, 7) is 7.17. The molecular weight excluding hydrogens is 242 g/mol. The minimum atomic E-state index is 0.108. The molecule has 0 aliphatic carbocycles. The zero-order valence-corrected chi connectivity index (χ0v) is 12.2. The van der Waals surface area contributed by atoms with E-state index in [-0.39, 0.29) is 11.8 Å². The van der Waals surface area contributed by atoms with Crippen LogP contribution < -0.4 is 4.90 Å². The fraction of sp³-hybridized carbons (Fsp3) is 0.533. The largest absolute Gasteiger partial charge is 0.311 e. The second kappa shape index (κ2) is 5.79. The molecule has 0 aromatic heterocycles. The van der Waals surface area contributed by atoms with Gasteiger partial charge in [0.2, 0.25) is 5.91 Å². The number of nitrogens with zero attached hydrogens (tertiary/aromatic N) is 1. The third kappa shape index (κ3) is 2.72. The van der Waals surface area contributed by atoms with Gasteiger partial charge in [-0.05, 0) is 25.0 Å². The van der Waals surface area contributed by atoms with E-state index in [9.17, 15) is 4.79 Å². The summed E-state index contributed by atoms with van der Waals surface area (Å²) < 4.78 is 0. The Morgan fingerprint density at radius 1 is 1.50 bits per heavy atom. The minimum absolute atomic E-state index is 0.108. The summed E-state index contributed by atoms with van der Waals surface area (Å²) in [5.41, 5.74) is 1.09. The van der Waals surface area contributed by atoms with Crippen molar-refractivity contribution < 1.29 is 4.79 Å². The molecular formula is C15H21NOS. The zero-order valence-electron chi connectivity index (χ0n) is 11.3. The summed E-state index contributed by atoms with van der Waals surface area (Å²) in [5.74, 6) is 0.371. The van der Waals surface area contributed by atoms with Crippen molar-refractivity contribution in [1.82, 2.24) is 0 Å². The molecule has 1 amide bonds. The minimum Gasteiger partial charge on any atom is -0.311 e. The monoisotopic (exact) mass is 263 g/mol. The Balaban J connectivity index is 2.34. The van der Waals surface area contributed by atoms with Crippen molar-refractivity contribution in [3.8, 4) is 0 Å². The Morgan fingerprint density at radius 2 is 2.22 bits per heavy atom. The van der Waals surface area contributed by atoms with Crippen LogP contribution in [0.3, 0.4) is 0 Å². The SMILES string of the molecule is CC[C@H](C)C(=O)N1CC[C@H](C)Sc2ccccc21.